The normalized spacial score (nSPS) is 12.3. The van der Waals surface area contributed by atoms with Gasteiger partial charge in [0.05, 0.1) is 0 Å². The van der Waals surface area contributed by atoms with Crippen LogP contribution in [0.15, 0.2) is 47.8 Å². The van der Waals surface area contributed by atoms with Gasteiger partial charge in [0.2, 0.25) is 0 Å². The summed E-state index contributed by atoms with van der Waals surface area (Å²) in [6.07, 6.45) is 0. The number of benzene rings is 1. The standard InChI is InChI=1S/C16H22N2S/c1-3-18(15-8-5-4-6-9-15)12-11-17-14(2)16-10-7-13-19-16/h4-10,13-14,17H,3,11-12H2,1-2H3. The van der Waals surface area contributed by atoms with E-state index in [1.165, 1.54) is 10.6 Å². The Kier molecular flexibility index (Phi) is 5.43. The fourth-order valence-corrected chi connectivity index (χ4v) is 2.92. The van der Waals surface area contributed by atoms with Gasteiger partial charge in [0.1, 0.15) is 0 Å². The number of likely N-dealkylation sites (N-methyl/N-ethyl adjacent to an activating group) is 1. The fourth-order valence-electron chi connectivity index (χ4n) is 2.16. The molecule has 1 unspecified atom stereocenters. The van der Waals surface area contributed by atoms with Crippen LogP contribution < -0.4 is 10.2 Å². The molecule has 0 aliphatic heterocycles. The molecule has 1 aromatic carbocycles. The van der Waals surface area contributed by atoms with Crippen LogP contribution in [0.4, 0.5) is 5.69 Å². The first-order valence-corrected chi connectivity index (χ1v) is 7.76. The van der Waals surface area contributed by atoms with Crippen molar-refractivity contribution in [1.82, 2.24) is 5.32 Å². The number of hydrogen-bond donors (Lipinski definition) is 1. The van der Waals surface area contributed by atoms with Crippen molar-refractivity contribution in [3.05, 3.63) is 52.7 Å². The van der Waals surface area contributed by atoms with Crippen molar-refractivity contribution in [2.45, 2.75) is 19.9 Å². The zero-order valence-corrected chi connectivity index (χ0v) is 12.5. The van der Waals surface area contributed by atoms with Crippen LogP contribution in [-0.2, 0) is 0 Å². The molecular weight excluding hydrogens is 252 g/mol. The summed E-state index contributed by atoms with van der Waals surface area (Å²) in [7, 11) is 0. The quantitative estimate of drug-likeness (QED) is 0.823. The number of nitrogens with zero attached hydrogens (tertiary/aromatic N) is 1. The van der Waals surface area contributed by atoms with E-state index in [-0.39, 0.29) is 0 Å². The largest absolute Gasteiger partial charge is 0.371 e. The lowest BCUT2D eigenvalue weighted by atomic mass is 10.2. The Morgan fingerprint density at radius 1 is 1.16 bits per heavy atom. The lowest BCUT2D eigenvalue weighted by molar-refractivity contribution is 0.578. The number of nitrogens with one attached hydrogen (secondary N) is 1. The van der Waals surface area contributed by atoms with E-state index >= 15 is 0 Å². The second kappa shape index (κ2) is 7.31. The molecule has 0 saturated heterocycles. The molecule has 1 atom stereocenters. The molecule has 1 aromatic heterocycles. The molecule has 2 aromatic rings. The summed E-state index contributed by atoms with van der Waals surface area (Å²) in [5.74, 6) is 0. The lowest BCUT2D eigenvalue weighted by Crippen LogP contribution is -2.32. The smallest absolute Gasteiger partial charge is 0.0386 e. The number of hydrogen-bond acceptors (Lipinski definition) is 3. The van der Waals surface area contributed by atoms with Gasteiger partial charge < -0.3 is 10.2 Å². The highest BCUT2D eigenvalue weighted by Crippen LogP contribution is 2.18. The van der Waals surface area contributed by atoms with Gasteiger partial charge in [-0.1, -0.05) is 24.3 Å². The number of para-hydroxylation sites is 1. The molecule has 0 aliphatic rings. The van der Waals surface area contributed by atoms with Crippen LogP contribution in [0, 0.1) is 0 Å². The number of rotatable bonds is 7. The van der Waals surface area contributed by atoms with Crippen molar-refractivity contribution in [1.29, 1.82) is 0 Å². The summed E-state index contributed by atoms with van der Waals surface area (Å²) < 4.78 is 0. The SMILES string of the molecule is CCN(CCNC(C)c1cccs1)c1ccccc1. The highest BCUT2D eigenvalue weighted by molar-refractivity contribution is 7.10. The van der Waals surface area contributed by atoms with Crippen molar-refractivity contribution < 1.29 is 0 Å². The van der Waals surface area contributed by atoms with E-state index in [1.807, 2.05) is 11.3 Å². The minimum Gasteiger partial charge on any atom is -0.371 e. The maximum atomic E-state index is 3.59. The van der Waals surface area contributed by atoms with Gasteiger partial charge in [-0.3, -0.25) is 0 Å². The van der Waals surface area contributed by atoms with Crippen molar-refractivity contribution in [2.75, 3.05) is 24.5 Å². The average molecular weight is 274 g/mol. The van der Waals surface area contributed by atoms with Gasteiger partial charge in [0.25, 0.3) is 0 Å². The lowest BCUT2D eigenvalue weighted by Gasteiger charge is -2.24. The van der Waals surface area contributed by atoms with Crippen LogP contribution in [0.1, 0.15) is 24.8 Å². The molecule has 0 spiro atoms. The first-order valence-electron chi connectivity index (χ1n) is 6.88. The topological polar surface area (TPSA) is 15.3 Å². The third kappa shape index (κ3) is 4.08. The molecule has 19 heavy (non-hydrogen) atoms. The van der Waals surface area contributed by atoms with Crippen LogP contribution in [0.25, 0.3) is 0 Å². The Morgan fingerprint density at radius 3 is 2.58 bits per heavy atom. The van der Waals surface area contributed by atoms with E-state index in [0.717, 1.165) is 19.6 Å². The molecule has 2 rings (SSSR count). The third-order valence-electron chi connectivity index (χ3n) is 3.31. The average Bonchev–Trinajstić information content (AvgIpc) is 2.98. The Morgan fingerprint density at radius 2 is 1.95 bits per heavy atom. The molecule has 0 saturated carbocycles. The van der Waals surface area contributed by atoms with Gasteiger partial charge in [-0.15, -0.1) is 11.3 Å². The van der Waals surface area contributed by atoms with Crippen LogP contribution in [0.3, 0.4) is 0 Å². The predicted octanol–water partition coefficient (Wildman–Crippen LogP) is 3.93. The number of anilines is 1. The van der Waals surface area contributed by atoms with Crippen LogP contribution in [0.2, 0.25) is 0 Å². The predicted molar refractivity (Wildman–Crippen MR) is 85.1 cm³/mol. The maximum absolute atomic E-state index is 3.59. The molecule has 0 radical (unpaired) electrons. The van der Waals surface area contributed by atoms with E-state index in [2.05, 4.69) is 71.9 Å². The summed E-state index contributed by atoms with van der Waals surface area (Å²) in [4.78, 5) is 3.80. The fraction of sp³-hybridized carbons (Fsp3) is 0.375. The van der Waals surface area contributed by atoms with Crippen LogP contribution >= 0.6 is 11.3 Å². The van der Waals surface area contributed by atoms with Crippen LogP contribution in [0.5, 0.6) is 0 Å². The summed E-state index contributed by atoms with van der Waals surface area (Å²) >= 11 is 1.82. The van der Waals surface area contributed by atoms with Crippen molar-refractivity contribution >= 4 is 17.0 Å². The Labute approximate surface area is 120 Å². The first kappa shape index (κ1) is 14.1. The molecule has 1 heterocycles. The zero-order chi connectivity index (χ0) is 13.5. The monoisotopic (exact) mass is 274 g/mol. The van der Waals surface area contributed by atoms with Gasteiger partial charge in [0.15, 0.2) is 0 Å². The van der Waals surface area contributed by atoms with Gasteiger partial charge in [0, 0.05) is 36.2 Å². The molecule has 0 fully saturated rings. The number of thiophene rings is 1. The zero-order valence-electron chi connectivity index (χ0n) is 11.7. The van der Waals surface area contributed by atoms with Crippen molar-refractivity contribution in [3.8, 4) is 0 Å². The van der Waals surface area contributed by atoms with Gasteiger partial charge >= 0.3 is 0 Å². The molecule has 3 heteroatoms. The Hall–Kier alpha value is -1.32. The molecule has 2 nitrogen and oxygen atoms in total. The first-order chi connectivity index (χ1) is 9.31. The van der Waals surface area contributed by atoms with Gasteiger partial charge in [-0.25, -0.2) is 0 Å². The Bertz CT molecular complexity index is 453. The van der Waals surface area contributed by atoms with Gasteiger partial charge in [-0.05, 0) is 37.4 Å². The highest BCUT2D eigenvalue weighted by Gasteiger charge is 2.07. The Balaban J connectivity index is 1.81. The maximum Gasteiger partial charge on any atom is 0.0386 e. The van der Waals surface area contributed by atoms with E-state index in [1.54, 1.807) is 0 Å². The van der Waals surface area contributed by atoms with E-state index in [4.69, 9.17) is 0 Å². The summed E-state index contributed by atoms with van der Waals surface area (Å²) in [6, 6.07) is 15.3. The molecule has 1 N–H and O–H groups in total. The van der Waals surface area contributed by atoms with Gasteiger partial charge in [-0.2, -0.15) is 0 Å². The van der Waals surface area contributed by atoms with E-state index in [0.29, 0.717) is 6.04 Å². The second-order valence-corrected chi connectivity index (χ2v) is 5.59. The third-order valence-corrected chi connectivity index (χ3v) is 4.36. The molecule has 0 bridgehead atoms. The molecule has 0 aliphatic carbocycles. The van der Waals surface area contributed by atoms with Crippen LogP contribution in [-0.4, -0.2) is 19.6 Å². The summed E-state index contributed by atoms with van der Waals surface area (Å²) in [6.45, 7) is 7.51. The summed E-state index contributed by atoms with van der Waals surface area (Å²) in [5, 5.41) is 5.72. The van der Waals surface area contributed by atoms with Crippen molar-refractivity contribution in [3.63, 3.8) is 0 Å². The molecule has 0 amide bonds. The van der Waals surface area contributed by atoms with E-state index in [9.17, 15) is 0 Å². The molecule has 102 valence electrons. The summed E-state index contributed by atoms with van der Waals surface area (Å²) in [5.41, 5.74) is 1.30. The molecular formula is C16H22N2S. The minimum atomic E-state index is 0.439. The minimum absolute atomic E-state index is 0.439. The van der Waals surface area contributed by atoms with E-state index < -0.39 is 0 Å². The highest BCUT2D eigenvalue weighted by atomic mass is 32.1. The second-order valence-electron chi connectivity index (χ2n) is 4.61. The van der Waals surface area contributed by atoms with Crippen molar-refractivity contribution in [2.24, 2.45) is 0 Å².